The number of thioether (sulfide) groups is 1. The summed E-state index contributed by atoms with van der Waals surface area (Å²) in [5.74, 6) is 4.09. The van der Waals surface area contributed by atoms with Gasteiger partial charge in [-0.05, 0) is 32.7 Å². The van der Waals surface area contributed by atoms with Crippen LogP contribution in [-0.4, -0.2) is 93.5 Å². The van der Waals surface area contributed by atoms with Gasteiger partial charge in [0.05, 0.1) is 13.2 Å². The number of rotatable bonds is 6. The van der Waals surface area contributed by atoms with E-state index in [0.717, 1.165) is 76.5 Å². The summed E-state index contributed by atoms with van der Waals surface area (Å²) in [5, 5.41) is 12.2. The predicted octanol–water partition coefficient (Wildman–Crippen LogP) is 2.66. The summed E-state index contributed by atoms with van der Waals surface area (Å²) in [6.07, 6.45) is 7.96. The first-order valence-electron chi connectivity index (χ1n) is 12.0. The monoisotopic (exact) mass is 577 g/mol. The number of hydrogen-bond donors (Lipinski definition) is 1. The van der Waals surface area contributed by atoms with Gasteiger partial charge in [-0.1, -0.05) is 19.3 Å². The van der Waals surface area contributed by atoms with Crippen LogP contribution in [-0.2, 0) is 18.3 Å². The van der Waals surface area contributed by atoms with Gasteiger partial charge in [-0.15, -0.1) is 34.2 Å². The molecular weight excluding hydrogens is 537 g/mol. The second-order valence-electron chi connectivity index (χ2n) is 9.11. The molecule has 8 nitrogen and oxygen atoms in total. The number of guanidine groups is 1. The number of morpholine rings is 1. The van der Waals surface area contributed by atoms with Crippen LogP contribution in [0.15, 0.2) is 4.99 Å². The standard InChI is InChI=1S/C22H39N7OS.HI/c1-19-25-26-20(27(19)2)17-24-21(23-9-6-10-28-11-14-30-15-12-28)29-13-16-31-22(18-29)7-4-3-5-8-22;/h3-18H2,1-2H3,(H,23,24);1H. The van der Waals surface area contributed by atoms with Crippen molar-refractivity contribution in [2.45, 2.75) is 56.7 Å². The highest BCUT2D eigenvalue weighted by molar-refractivity contribution is 14.0. The van der Waals surface area contributed by atoms with Crippen LogP contribution in [0.5, 0.6) is 0 Å². The van der Waals surface area contributed by atoms with Crippen LogP contribution in [0.3, 0.4) is 0 Å². The minimum Gasteiger partial charge on any atom is -0.379 e. The van der Waals surface area contributed by atoms with E-state index in [2.05, 4.69) is 37.1 Å². The van der Waals surface area contributed by atoms with Crippen molar-refractivity contribution in [2.75, 3.05) is 58.2 Å². The summed E-state index contributed by atoms with van der Waals surface area (Å²) >= 11 is 2.21. The van der Waals surface area contributed by atoms with Gasteiger partial charge in [-0.25, -0.2) is 4.99 Å². The Morgan fingerprint density at radius 1 is 1.16 bits per heavy atom. The minimum atomic E-state index is 0. The predicted molar refractivity (Wildman–Crippen MR) is 142 cm³/mol. The molecule has 10 heteroatoms. The number of nitrogens with zero attached hydrogens (tertiary/aromatic N) is 6. The third-order valence-electron chi connectivity index (χ3n) is 6.90. The van der Waals surface area contributed by atoms with Crippen molar-refractivity contribution in [2.24, 2.45) is 12.0 Å². The molecule has 3 aliphatic rings. The summed E-state index contributed by atoms with van der Waals surface area (Å²) in [5.41, 5.74) is 0. The van der Waals surface area contributed by atoms with Crippen LogP contribution in [0, 0.1) is 6.92 Å². The lowest BCUT2D eigenvalue weighted by atomic mass is 9.87. The van der Waals surface area contributed by atoms with Gasteiger partial charge in [0, 0.05) is 50.3 Å². The fraction of sp³-hybridized carbons (Fsp3) is 0.864. The first-order chi connectivity index (χ1) is 15.2. The number of nitrogens with one attached hydrogen (secondary N) is 1. The van der Waals surface area contributed by atoms with Crippen LogP contribution in [0.2, 0.25) is 0 Å². The molecule has 3 fully saturated rings. The van der Waals surface area contributed by atoms with E-state index in [1.807, 2.05) is 18.5 Å². The molecular formula is C22H40IN7OS. The number of hydrogen-bond acceptors (Lipinski definition) is 6. The Bertz CT molecular complexity index is 726. The van der Waals surface area contributed by atoms with Crippen molar-refractivity contribution in [1.29, 1.82) is 0 Å². The fourth-order valence-corrected chi connectivity index (χ4v) is 6.42. The molecule has 2 aliphatic heterocycles. The number of halogens is 1. The zero-order chi connectivity index (χ0) is 21.5. The molecule has 0 amide bonds. The number of aromatic nitrogens is 3. The minimum absolute atomic E-state index is 0. The van der Waals surface area contributed by atoms with Crippen LogP contribution in [0.1, 0.15) is 50.2 Å². The second-order valence-corrected chi connectivity index (χ2v) is 10.7. The van der Waals surface area contributed by atoms with E-state index >= 15 is 0 Å². The maximum atomic E-state index is 5.47. The molecule has 1 N–H and O–H groups in total. The average Bonchev–Trinajstić information content (AvgIpc) is 3.12. The highest BCUT2D eigenvalue weighted by Crippen LogP contribution is 2.42. The van der Waals surface area contributed by atoms with Crippen LogP contribution < -0.4 is 5.32 Å². The summed E-state index contributed by atoms with van der Waals surface area (Å²) in [6.45, 7) is 10.6. The lowest BCUT2D eigenvalue weighted by molar-refractivity contribution is 0.0375. The zero-order valence-corrected chi connectivity index (χ0v) is 22.9. The first-order valence-corrected chi connectivity index (χ1v) is 13.0. The van der Waals surface area contributed by atoms with Crippen LogP contribution >= 0.6 is 35.7 Å². The Labute approximate surface area is 214 Å². The van der Waals surface area contributed by atoms with Crippen molar-refractivity contribution in [3.63, 3.8) is 0 Å². The van der Waals surface area contributed by atoms with Gasteiger partial charge in [-0.3, -0.25) is 4.90 Å². The highest BCUT2D eigenvalue weighted by Gasteiger charge is 2.38. The van der Waals surface area contributed by atoms with Gasteiger partial charge >= 0.3 is 0 Å². The van der Waals surface area contributed by atoms with Crippen LogP contribution in [0.4, 0.5) is 0 Å². The quantitative estimate of drug-likeness (QED) is 0.241. The van der Waals surface area contributed by atoms with Crippen molar-refractivity contribution >= 4 is 41.7 Å². The summed E-state index contributed by atoms with van der Waals surface area (Å²) in [4.78, 5) is 10.0. The SMILES string of the molecule is Cc1nnc(CN=C(NCCCN2CCOCC2)N2CCSC3(CCCCC3)C2)n1C.I. The summed E-state index contributed by atoms with van der Waals surface area (Å²) < 4.78 is 7.93. The van der Waals surface area contributed by atoms with E-state index in [1.54, 1.807) is 0 Å². The molecule has 0 radical (unpaired) electrons. The van der Waals surface area contributed by atoms with Crippen molar-refractivity contribution < 1.29 is 4.74 Å². The fourth-order valence-electron chi connectivity index (χ4n) is 4.85. The first kappa shape index (κ1) is 26.0. The van der Waals surface area contributed by atoms with E-state index in [4.69, 9.17) is 9.73 Å². The molecule has 182 valence electrons. The normalized spacial score (nSPS) is 22.1. The topological polar surface area (TPSA) is 70.8 Å². The maximum Gasteiger partial charge on any atom is 0.194 e. The van der Waals surface area contributed by atoms with Crippen LogP contribution in [0.25, 0.3) is 0 Å². The molecule has 3 heterocycles. The van der Waals surface area contributed by atoms with Crippen molar-refractivity contribution in [3.05, 3.63) is 11.6 Å². The number of aliphatic imine (C=N–C) groups is 1. The second kappa shape index (κ2) is 12.8. The Balaban J connectivity index is 0.00000289. The molecule has 1 aromatic heterocycles. The van der Waals surface area contributed by atoms with E-state index < -0.39 is 0 Å². The van der Waals surface area contributed by atoms with Gasteiger partial charge in [0.1, 0.15) is 12.4 Å². The Morgan fingerprint density at radius 3 is 2.66 bits per heavy atom. The van der Waals surface area contributed by atoms with Gasteiger partial charge < -0.3 is 19.5 Å². The molecule has 1 aromatic rings. The largest absolute Gasteiger partial charge is 0.379 e. The molecule has 4 rings (SSSR count). The molecule has 1 aliphatic carbocycles. The zero-order valence-electron chi connectivity index (χ0n) is 19.7. The molecule has 0 aromatic carbocycles. The lowest BCUT2D eigenvalue weighted by Gasteiger charge is -2.45. The van der Waals surface area contributed by atoms with Gasteiger partial charge in [0.15, 0.2) is 11.8 Å². The summed E-state index contributed by atoms with van der Waals surface area (Å²) in [6, 6.07) is 0. The van der Waals surface area contributed by atoms with E-state index in [9.17, 15) is 0 Å². The van der Waals surface area contributed by atoms with Crippen molar-refractivity contribution in [1.82, 2.24) is 29.9 Å². The molecule has 1 spiro atoms. The highest BCUT2D eigenvalue weighted by atomic mass is 127. The molecule has 0 unspecified atom stereocenters. The average molecular weight is 578 g/mol. The van der Waals surface area contributed by atoms with Crippen molar-refractivity contribution in [3.8, 4) is 0 Å². The third-order valence-corrected chi connectivity index (χ3v) is 8.44. The third kappa shape index (κ3) is 6.96. The van der Waals surface area contributed by atoms with E-state index in [0.29, 0.717) is 11.3 Å². The molecule has 2 saturated heterocycles. The molecule has 0 bridgehead atoms. The molecule has 32 heavy (non-hydrogen) atoms. The Hall–Kier alpha value is -0.590. The summed E-state index contributed by atoms with van der Waals surface area (Å²) in [7, 11) is 2.02. The van der Waals surface area contributed by atoms with Gasteiger partial charge in [-0.2, -0.15) is 11.8 Å². The van der Waals surface area contributed by atoms with Gasteiger partial charge in [0.2, 0.25) is 0 Å². The maximum absolute atomic E-state index is 5.47. The molecule has 0 atom stereocenters. The number of ether oxygens (including phenoxy) is 1. The Morgan fingerprint density at radius 2 is 1.94 bits per heavy atom. The lowest BCUT2D eigenvalue weighted by Crippen LogP contribution is -2.53. The Kier molecular flexibility index (Phi) is 10.4. The van der Waals surface area contributed by atoms with E-state index in [1.165, 1.54) is 37.9 Å². The molecule has 1 saturated carbocycles. The number of aryl methyl sites for hydroxylation is 1. The van der Waals surface area contributed by atoms with Gasteiger partial charge in [0.25, 0.3) is 0 Å². The van der Waals surface area contributed by atoms with E-state index in [-0.39, 0.29) is 24.0 Å². The smallest absolute Gasteiger partial charge is 0.194 e.